The van der Waals surface area contributed by atoms with Crippen molar-refractivity contribution in [1.82, 2.24) is 21.0 Å². The van der Waals surface area contributed by atoms with E-state index in [1.165, 1.54) is 6.20 Å². The van der Waals surface area contributed by atoms with Gasteiger partial charge in [0.25, 0.3) is 11.8 Å². The Morgan fingerprint density at radius 3 is 2.79 bits per heavy atom. The average Bonchev–Trinajstić information content (AvgIpc) is 2.60. The molecule has 0 radical (unpaired) electrons. The highest BCUT2D eigenvalue weighted by molar-refractivity contribution is 6.27. The Hall–Kier alpha value is -1.56. The molecule has 0 aliphatic carbocycles. The number of aryl methyl sites for hydroxylation is 1. The summed E-state index contributed by atoms with van der Waals surface area (Å²) >= 11 is 5.21. The Kier molecular flexibility index (Phi) is 3.47. The highest BCUT2D eigenvalue weighted by Gasteiger charge is 2.10. The number of alkyl halides is 1. The van der Waals surface area contributed by atoms with Crippen LogP contribution >= 0.6 is 11.6 Å². The third kappa shape index (κ3) is 2.46. The molecule has 1 heterocycles. The van der Waals surface area contributed by atoms with Crippen LogP contribution in [0.2, 0.25) is 0 Å². The first-order chi connectivity index (χ1) is 6.65. The first-order valence-corrected chi connectivity index (χ1v) is 4.33. The van der Waals surface area contributed by atoms with Gasteiger partial charge in [-0.1, -0.05) is 0 Å². The fraction of sp³-hybridized carbons (Fsp3) is 0.286. The van der Waals surface area contributed by atoms with Gasteiger partial charge in [0.2, 0.25) is 0 Å². The van der Waals surface area contributed by atoms with Crippen molar-refractivity contribution < 1.29 is 9.59 Å². The van der Waals surface area contributed by atoms with E-state index < -0.39 is 11.8 Å². The van der Waals surface area contributed by atoms with Crippen LogP contribution in [0.1, 0.15) is 16.1 Å². The van der Waals surface area contributed by atoms with Crippen LogP contribution in [0.5, 0.6) is 0 Å². The molecule has 6 nitrogen and oxygen atoms in total. The van der Waals surface area contributed by atoms with E-state index >= 15 is 0 Å². The maximum absolute atomic E-state index is 11.3. The number of hydrogen-bond donors (Lipinski definition) is 3. The molecule has 2 amide bonds. The number of nitrogens with one attached hydrogen (secondary N) is 3. The summed E-state index contributed by atoms with van der Waals surface area (Å²) in [5, 5.41) is 6.27. The third-order valence-electron chi connectivity index (χ3n) is 1.51. The van der Waals surface area contributed by atoms with Crippen molar-refractivity contribution >= 4 is 23.4 Å². The largest absolute Gasteiger partial charge is 0.282 e. The normalized spacial score (nSPS) is 9.57. The minimum absolute atomic E-state index is 0.204. The van der Waals surface area contributed by atoms with Crippen LogP contribution in [0.25, 0.3) is 0 Å². The van der Waals surface area contributed by atoms with Crippen molar-refractivity contribution in [3.63, 3.8) is 0 Å². The molecule has 0 saturated carbocycles. The molecular weight excluding hydrogens is 208 g/mol. The fourth-order valence-corrected chi connectivity index (χ4v) is 0.874. The van der Waals surface area contributed by atoms with E-state index in [1.54, 1.807) is 6.92 Å². The van der Waals surface area contributed by atoms with Crippen LogP contribution in [-0.4, -0.2) is 27.9 Å². The maximum Gasteiger partial charge on any atom is 0.273 e. The van der Waals surface area contributed by atoms with E-state index in [2.05, 4.69) is 21.0 Å². The lowest BCUT2D eigenvalue weighted by Gasteiger charge is -2.03. The average molecular weight is 217 g/mol. The van der Waals surface area contributed by atoms with E-state index in [9.17, 15) is 9.59 Å². The number of aromatic nitrogens is 2. The summed E-state index contributed by atoms with van der Waals surface area (Å²) in [4.78, 5) is 22.0. The summed E-state index contributed by atoms with van der Waals surface area (Å²) in [6.45, 7) is 1.70. The molecule has 0 aliphatic heterocycles. The molecule has 0 bridgehead atoms. The molecule has 7 heteroatoms. The molecule has 14 heavy (non-hydrogen) atoms. The van der Waals surface area contributed by atoms with Crippen molar-refractivity contribution in [3.05, 3.63) is 17.5 Å². The first-order valence-electron chi connectivity index (χ1n) is 3.80. The molecule has 1 aromatic rings. The Balaban J connectivity index is 2.52. The minimum atomic E-state index is -0.471. The molecule has 0 spiro atoms. The number of carbonyl (C=O) groups is 2. The Morgan fingerprint density at radius 1 is 1.57 bits per heavy atom. The van der Waals surface area contributed by atoms with Crippen molar-refractivity contribution in [1.29, 1.82) is 0 Å². The zero-order valence-corrected chi connectivity index (χ0v) is 8.18. The van der Waals surface area contributed by atoms with Crippen molar-refractivity contribution in [2.75, 3.05) is 5.88 Å². The Bertz CT molecular complexity index is 349. The number of aromatic amines is 1. The van der Waals surface area contributed by atoms with Crippen molar-refractivity contribution in [2.45, 2.75) is 6.92 Å². The summed E-state index contributed by atoms with van der Waals surface area (Å²) in [5.41, 5.74) is 5.33. The third-order valence-corrected chi connectivity index (χ3v) is 1.75. The molecule has 0 aromatic carbocycles. The lowest BCUT2D eigenvalue weighted by Crippen LogP contribution is -2.42. The van der Waals surface area contributed by atoms with Crippen LogP contribution in [0.3, 0.4) is 0 Å². The first kappa shape index (κ1) is 10.5. The van der Waals surface area contributed by atoms with Gasteiger partial charge in [-0.05, 0) is 6.92 Å². The van der Waals surface area contributed by atoms with E-state index in [4.69, 9.17) is 11.6 Å². The summed E-state index contributed by atoms with van der Waals surface area (Å²) < 4.78 is 0. The summed E-state index contributed by atoms with van der Waals surface area (Å²) in [7, 11) is 0. The zero-order valence-electron chi connectivity index (χ0n) is 7.43. The molecule has 0 unspecified atom stereocenters. The number of nitrogens with zero attached hydrogens (tertiary/aromatic N) is 1. The van der Waals surface area contributed by atoms with Gasteiger partial charge in [-0.25, -0.2) is 0 Å². The van der Waals surface area contributed by atoms with Gasteiger partial charge in [-0.2, -0.15) is 5.10 Å². The zero-order chi connectivity index (χ0) is 10.6. The molecule has 0 saturated heterocycles. The number of rotatable bonds is 2. The number of halogens is 1. The van der Waals surface area contributed by atoms with E-state index in [0.29, 0.717) is 11.3 Å². The Labute approximate surface area is 85.0 Å². The summed E-state index contributed by atoms with van der Waals surface area (Å²) in [6.07, 6.45) is 1.37. The van der Waals surface area contributed by atoms with Crippen LogP contribution in [-0.2, 0) is 4.79 Å². The molecule has 0 fully saturated rings. The molecule has 1 rings (SSSR count). The van der Waals surface area contributed by atoms with E-state index in [1.807, 2.05) is 0 Å². The van der Waals surface area contributed by atoms with Crippen LogP contribution in [0.15, 0.2) is 6.20 Å². The second-order valence-corrected chi connectivity index (χ2v) is 2.81. The molecule has 1 aromatic heterocycles. The van der Waals surface area contributed by atoms with Gasteiger partial charge in [0.05, 0.1) is 11.8 Å². The maximum atomic E-state index is 11.3. The van der Waals surface area contributed by atoms with Crippen molar-refractivity contribution in [2.24, 2.45) is 0 Å². The Morgan fingerprint density at radius 2 is 2.29 bits per heavy atom. The second-order valence-electron chi connectivity index (χ2n) is 2.54. The van der Waals surface area contributed by atoms with Gasteiger partial charge in [-0.3, -0.25) is 25.5 Å². The van der Waals surface area contributed by atoms with Crippen molar-refractivity contribution in [3.8, 4) is 0 Å². The number of hydrogen-bond acceptors (Lipinski definition) is 3. The van der Waals surface area contributed by atoms with Crippen LogP contribution in [0, 0.1) is 6.92 Å². The number of hydrazine groups is 1. The molecule has 0 aliphatic rings. The standard InChI is InChI=1S/C7H9ClN4O2/c1-4-5(3-9-10-4)7(14)12-11-6(13)2-8/h3H,2H2,1H3,(H,9,10)(H,11,13)(H,12,14). The van der Waals surface area contributed by atoms with Crippen LogP contribution < -0.4 is 10.9 Å². The van der Waals surface area contributed by atoms with E-state index in [0.717, 1.165) is 0 Å². The number of amides is 2. The van der Waals surface area contributed by atoms with Gasteiger partial charge in [-0.15, -0.1) is 11.6 Å². The highest BCUT2D eigenvalue weighted by atomic mass is 35.5. The highest BCUT2D eigenvalue weighted by Crippen LogP contribution is 2.00. The number of H-pyrrole nitrogens is 1. The lowest BCUT2D eigenvalue weighted by atomic mass is 10.2. The molecule has 76 valence electrons. The summed E-state index contributed by atoms with van der Waals surface area (Å²) in [5.74, 6) is -1.11. The predicted octanol–water partition coefficient (Wildman–Crippen LogP) is -0.282. The smallest absolute Gasteiger partial charge is 0.273 e. The monoisotopic (exact) mass is 216 g/mol. The van der Waals surface area contributed by atoms with Gasteiger partial charge in [0.1, 0.15) is 5.88 Å². The topological polar surface area (TPSA) is 86.9 Å². The van der Waals surface area contributed by atoms with Gasteiger partial charge < -0.3 is 0 Å². The second kappa shape index (κ2) is 4.61. The number of carbonyl (C=O) groups excluding carboxylic acids is 2. The van der Waals surface area contributed by atoms with Gasteiger partial charge in [0, 0.05) is 5.69 Å². The van der Waals surface area contributed by atoms with E-state index in [-0.39, 0.29) is 5.88 Å². The lowest BCUT2D eigenvalue weighted by molar-refractivity contribution is -0.119. The molecule has 0 atom stereocenters. The SMILES string of the molecule is Cc1[nH]ncc1C(=O)NNC(=O)CCl. The fourth-order valence-electron chi connectivity index (χ4n) is 0.807. The van der Waals surface area contributed by atoms with Gasteiger partial charge in [0.15, 0.2) is 0 Å². The van der Waals surface area contributed by atoms with Crippen LogP contribution in [0.4, 0.5) is 0 Å². The molecular formula is C7H9ClN4O2. The quantitative estimate of drug-likeness (QED) is 0.469. The predicted molar refractivity (Wildman–Crippen MR) is 49.7 cm³/mol. The molecule has 3 N–H and O–H groups in total. The minimum Gasteiger partial charge on any atom is -0.282 e. The summed E-state index contributed by atoms with van der Waals surface area (Å²) in [6, 6.07) is 0. The van der Waals surface area contributed by atoms with Gasteiger partial charge >= 0.3 is 0 Å².